The van der Waals surface area contributed by atoms with Gasteiger partial charge in [0.2, 0.25) is 0 Å². The number of hydrogen-bond donors (Lipinski definition) is 2. The number of allylic oxidation sites excluding steroid dienone is 4. The quantitative estimate of drug-likeness (QED) is 0.126. The lowest BCUT2D eigenvalue weighted by atomic mass is 9.76. The number of carbonyl (C=O) groups is 1. The molecule has 0 aliphatic heterocycles. The predicted octanol–water partition coefficient (Wildman–Crippen LogP) is 5.11. The van der Waals surface area contributed by atoms with Gasteiger partial charge in [-0.25, -0.2) is 4.79 Å². The maximum absolute atomic E-state index is 11.5. The summed E-state index contributed by atoms with van der Waals surface area (Å²) < 4.78 is 11.2. The highest BCUT2D eigenvalue weighted by Gasteiger charge is 2.30. The topological polar surface area (TPSA) is 76.0 Å². The Hall–Kier alpha value is -1.85. The van der Waals surface area contributed by atoms with Crippen molar-refractivity contribution in [1.29, 1.82) is 0 Å². The average Bonchev–Trinajstić information content (AvgIpc) is 2.69. The molecule has 0 aliphatic rings. The Morgan fingerprint density at radius 1 is 1.03 bits per heavy atom. The number of esters is 1. The first kappa shape index (κ1) is 28.1. The van der Waals surface area contributed by atoms with Gasteiger partial charge in [-0.2, -0.15) is 0 Å². The molecule has 2 N–H and O–H groups in total. The molecule has 0 saturated carbocycles. The van der Waals surface area contributed by atoms with Gasteiger partial charge in [0.15, 0.2) is 0 Å². The van der Waals surface area contributed by atoms with Gasteiger partial charge in [0.25, 0.3) is 0 Å². The van der Waals surface area contributed by atoms with Gasteiger partial charge in [0.1, 0.15) is 5.76 Å². The van der Waals surface area contributed by atoms with E-state index in [0.717, 1.165) is 18.4 Å². The molecule has 0 aromatic heterocycles. The van der Waals surface area contributed by atoms with Crippen molar-refractivity contribution in [3.63, 3.8) is 0 Å². The van der Waals surface area contributed by atoms with Gasteiger partial charge >= 0.3 is 5.97 Å². The third-order valence-corrected chi connectivity index (χ3v) is 5.07. The molecule has 5 nitrogen and oxygen atoms in total. The summed E-state index contributed by atoms with van der Waals surface area (Å²) in [5.41, 5.74) is 0.962. The van der Waals surface area contributed by atoms with Crippen molar-refractivity contribution < 1.29 is 24.5 Å². The molecule has 0 atom stereocenters. The molecular weight excluding hydrogens is 380 g/mol. The second-order valence-corrected chi connectivity index (χ2v) is 9.08. The van der Waals surface area contributed by atoms with Gasteiger partial charge < -0.3 is 19.7 Å². The largest absolute Gasteiger partial charge is 0.493 e. The zero-order valence-corrected chi connectivity index (χ0v) is 19.6. The lowest BCUT2D eigenvalue weighted by Crippen LogP contribution is -2.32. The minimum atomic E-state index is -0.556. The molecule has 0 aromatic carbocycles. The number of aliphatic hydroxyl groups excluding tert-OH is 2. The van der Waals surface area contributed by atoms with Gasteiger partial charge in [-0.15, -0.1) is 0 Å². The number of hydrogen-bond acceptors (Lipinski definition) is 5. The molecule has 0 saturated heterocycles. The van der Waals surface area contributed by atoms with E-state index >= 15 is 0 Å². The standard InChI is InChI=1S/C25H42O5/c1-8-11-22(21(9-2)12-10-16-30-23(28)20(3)4)29-17-15-25(18-26,19-27)14-13-24(5,6)7/h8-9,11,26-27H,1,3,10,12-19H2,2,4-7H3/b21-9-,22-11+. The zero-order chi connectivity index (χ0) is 23.2. The van der Waals surface area contributed by atoms with E-state index in [1.807, 2.05) is 19.1 Å². The molecule has 172 valence electrons. The Morgan fingerprint density at radius 3 is 2.13 bits per heavy atom. The van der Waals surface area contributed by atoms with Crippen LogP contribution in [0.2, 0.25) is 0 Å². The molecule has 0 heterocycles. The highest BCUT2D eigenvalue weighted by molar-refractivity contribution is 5.86. The minimum Gasteiger partial charge on any atom is -0.493 e. The van der Waals surface area contributed by atoms with Crippen LogP contribution >= 0.6 is 0 Å². The van der Waals surface area contributed by atoms with Crippen molar-refractivity contribution in [2.45, 2.75) is 66.7 Å². The fourth-order valence-electron chi connectivity index (χ4n) is 2.82. The first-order valence-electron chi connectivity index (χ1n) is 10.7. The number of ether oxygens (including phenoxy) is 2. The van der Waals surface area contributed by atoms with Crippen molar-refractivity contribution in [1.82, 2.24) is 0 Å². The number of carbonyl (C=O) groups excluding carboxylic acids is 1. The van der Waals surface area contributed by atoms with Gasteiger partial charge in [-0.05, 0) is 63.0 Å². The lowest BCUT2D eigenvalue weighted by molar-refractivity contribution is -0.139. The normalized spacial score (nSPS) is 13.2. The van der Waals surface area contributed by atoms with Crippen LogP contribution < -0.4 is 0 Å². The molecule has 0 unspecified atom stereocenters. The molecule has 0 bridgehead atoms. The average molecular weight is 423 g/mol. The highest BCUT2D eigenvalue weighted by atomic mass is 16.5. The van der Waals surface area contributed by atoms with Crippen LogP contribution in [0, 0.1) is 10.8 Å². The van der Waals surface area contributed by atoms with Crippen molar-refractivity contribution in [3.05, 3.63) is 48.3 Å². The molecule has 0 amide bonds. The molecule has 0 radical (unpaired) electrons. The van der Waals surface area contributed by atoms with Gasteiger partial charge in [0, 0.05) is 11.0 Å². The molecule has 0 spiro atoms. The molecule has 30 heavy (non-hydrogen) atoms. The van der Waals surface area contributed by atoms with Crippen LogP contribution in [0.25, 0.3) is 0 Å². The summed E-state index contributed by atoms with van der Waals surface area (Å²) in [5, 5.41) is 19.8. The fourth-order valence-corrected chi connectivity index (χ4v) is 2.82. The summed E-state index contributed by atoms with van der Waals surface area (Å²) >= 11 is 0. The third kappa shape index (κ3) is 11.4. The highest BCUT2D eigenvalue weighted by Crippen LogP contribution is 2.33. The van der Waals surface area contributed by atoms with Crippen molar-refractivity contribution >= 4 is 5.97 Å². The Kier molecular flexibility index (Phi) is 13.3. The van der Waals surface area contributed by atoms with Crippen LogP contribution in [0.15, 0.2) is 48.3 Å². The van der Waals surface area contributed by atoms with E-state index < -0.39 is 5.41 Å². The first-order chi connectivity index (χ1) is 14.0. The monoisotopic (exact) mass is 422 g/mol. The predicted molar refractivity (Wildman–Crippen MR) is 123 cm³/mol. The molecule has 0 rings (SSSR count). The SMILES string of the molecule is C=C/C=C(OCCC(CO)(CO)CCC(C)(C)C)\C(=C/C)CCCOC(=O)C(=C)C. The smallest absolute Gasteiger partial charge is 0.333 e. The van der Waals surface area contributed by atoms with Gasteiger partial charge in [-0.3, -0.25) is 0 Å². The van der Waals surface area contributed by atoms with Crippen LogP contribution in [0.4, 0.5) is 0 Å². The Labute approximate surface area is 183 Å². The number of rotatable bonds is 15. The summed E-state index contributed by atoms with van der Waals surface area (Å²) in [7, 11) is 0. The first-order valence-corrected chi connectivity index (χ1v) is 10.7. The minimum absolute atomic E-state index is 0.0754. The summed E-state index contributed by atoms with van der Waals surface area (Å²) in [6.45, 7) is 17.9. The molecule has 0 aliphatic carbocycles. The second-order valence-electron chi connectivity index (χ2n) is 9.08. The van der Waals surface area contributed by atoms with E-state index in [1.165, 1.54) is 0 Å². The van der Waals surface area contributed by atoms with Crippen LogP contribution in [0.3, 0.4) is 0 Å². The van der Waals surface area contributed by atoms with E-state index in [1.54, 1.807) is 13.0 Å². The van der Waals surface area contributed by atoms with Gasteiger partial charge in [0.05, 0.1) is 26.4 Å². The number of aliphatic hydroxyl groups is 2. The van der Waals surface area contributed by atoms with Crippen LogP contribution in [0.5, 0.6) is 0 Å². The van der Waals surface area contributed by atoms with Crippen LogP contribution in [0.1, 0.15) is 66.7 Å². The van der Waals surface area contributed by atoms with E-state index in [-0.39, 0.29) is 24.6 Å². The Morgan fingerprint density at radius 2 is 1.67 bits per heavy atom. The van der Waals surface area contributed by atoms with Crippen molar-refractivity contribution in [2.24, 2.45) is 10.8 Å². The van der Waals surface area contributed by atoms with E-state index in [9.17, 15) is 15.0 Å². The van der Waals surface area contributed by atoms with Crippen molar-refractivity contribution in [3.8, 4) is 0 Å². The summed E-state index contributed by atoms with van der Waals surface area (Å²) in [4.78, 5) is 11.5. The molecule has 5 heteroatoms. The molecule has 0 fully saturated rings. The van der Waals surface area contributed by atoms with E-state index in [0.29, 0.717) is 43.8 Å². The second kappa shape index (κ2) is 14.2. The van der Waals surface area contributed by atoms with E-state index in [2.05, 4.69) is 33.9 Å². The zero-order valence-electron chi connectivity index (χ0n) is 19.6. The summed E-state index contributed by atoms with van der Waals surface area (Å²) in [6, 6.07) is 0. The molecule has 0 aromatic rings. The maximum Gasteiger partial charge on any atom is 0.333 e. The third-order valence-electron chi connectivity index (χ3n) is 5.07. The van der Waals surface area contributed by atoms with E-state index in [4.69, 9.17) is 9.47 Å². The van der Waals surface area contributed by atoms with Crippen molar-refractivity contribution in [2.75, 3.05) is 26.4 Å². The summed E-state index contributed by atoms with van der Waals surface area (Å²) in [5.74, 6) is 0.328. The van der Waals surface area contributed by atoms with Crippen LogP contribution in [-0.4, -0.2) is 42.6 Å². The fraction of sp³-hybridized carbons (Fsp3) is 0.640. The summed E-state index contributed by atoms with van der Waals surface area (Å²) in [6.07, 6.45) is 9.01. The Balaban J connectivity index is 4.85. The Bertz CT molecular complexity index is 604. The lowest BCUT2D eigenvalue weighted by Gasteiger charge is -2.33. The van der Waals surface area contributed by atoms with Gasteiger partial charge in [-0.1, -0.05) is 46.1 Å². The maximum atomic E-state index is 11.5. The molecular formula is C25H42O5. The van der Waals surface area contributed by atoms with Crippen LogP contribution in [-0.2, 0) is 14.3 Å².